The second-order valence-electron chi connectivity index (χ2n) is 5.07. The Balaban J connectivity index is 2.32. The number of hydrogen-bond acceptors (Lipinski definition) is 2. The van der Waals surface area contributed by atoms with Crippen molar-refractivity contribution in [2.45, 2.75) is 52.1 Å². The molecule has 0 heterocycles. The molecule has 2 amide bonds. The molecule has 0 aliphatic heterocycles. The van der Waals surface area contributed by atoms with Crippen LogP contribution in [0.25, 0.3) is 0 Å². The standard InChI is InChI=1S/C12H22N2O3/c1-4-5-8-6-9(8)13-12(17)14-10(7(2)3)11(15)16/h7-10H,4-6H2,1-3H3,(H,15,16)(H2,13,14,17). The van der Waals surface area contributed by atoms with E-state index in [-0.39, 0.29) is 18.0 Å². The zero-order valence-corrected chi connectivity index (χ0v) is 10.7. The molecule has 3 unspecified atom stereocenters. The number of amides is 2. The maximum absolute atomic E-state index is 11.6. The van der Waals surface area contributed by atoms with Gasteiger partial charge in [-0.15, -0.1) is 0 Å². The van der Waals surface area contributed by atoms with Crippen molar-refractivity contribution in [2.24, 2.45) is 11.8 Å². The normalized spacial score (nSPS) is 24.2. The molecule has 17 heavy (non-hydrogen) atoms. The molecule has 1 aliphatic carbocycles. The summed E-state index contributed by atoms with van der Waals surface area (Å²) in [7, 11) is 0. The van der Waals surface area contributed by atoms with Crippen LogP contribution < -0.4 is 10.6 Å². The van der Waals surface area contributed by atoms with Gasteiger partial charge in [0.25, 0.3) is 0 Å². The molecule has 1 fully saturated rings. The van der Waals surface area contributed by atoms with Crippen molar-refractivity contribution in [3.8, 4) is 0 Å². The zero-order valence-electron chi connectivity index (χ0n) is 10.7. The van der Waals surface area contributed by atoms with Crippen molar-refractivity contribution in [1.29, 1.82) is 0 Å². The third kappa shape index (κ3) is 4.24. The summed E-state index contributed by atoms with van der Waals surface area (Å²) >= 11 is 0. The molecule has 0 aromatic rings. The summed E-state index contributed by atoms with van der Waals surface area (Å²) < 4.78 is 0. The fraction of sp³-hybridized carbons (Fsp3) is 0.833. The molecular weight excluding hydrogens is 220 g/mol. The number of aliphatic carboxylic acids is 1. The summed E-state index contributed by atoms with van der Waals surface area (Å²) in [4.78, 5) is 22.5. The number of carboxylic acid groups (broad SMARTS) is 1. The first-order chi connectivity index (χ1) is 7.95. The van der Waals surface area contributed by atoms with E-state index in [4.69, 9.17) is 5.11 Å². The quantitative estimate of drug-likeness (QED) is 0.661. The van der Waals surface area contributed by atoms with Gasteiger partial charge in [0.1, 0.15) is 6.04 Å². The van der Waals surface area contributed by atoms with E-state index in [2.05, 4.69) is 17.6 Å². The van der Waals surface area contributed by atoms with Crippen molar-refractivity contribution in [2.75, 3.05) is 0 Å². The molecule has 1 aliphatic rings. The largest absolute Gasteiger partial charge is 0.480 e. The molecule has 0 bridgehead atoms. The van der Waals surface area contributed by atoms with Gasteiger partial charge in [-0.05, 0) is 24.7 Å². The highest BCUT2D eigenvalue weighted by molar-refractivity contribution is 5.83. The van der Waals surface area contributed by atoms with Gasteiger partial charge in [-0.25, -0.2) is 9.59 Å². The first-order valence-corrected chi connectivity index (χ1v) is 6.25. The van der Waals surface area contributed by atoms with Gasteiger partial charge in [0.05, 0.1) is 0 Å². The molecule has 1 rings (SSSR count). The van der Waals surface area contributed by atoms with Crippen LogP contribution in [0.3, 0.4) is 0 Å². The molecule has 3 atom stereocenters. The molecule has 98 valence electrons. The molecule has 0 radical (unpaired) electrons. The lowest BCUT2D eigenvalue weighted by atomic mass is 10.1. The molecule has 3 N–H and O–H groups in total. The van der Waals surface area contributed by atoms with E-state index in [0.717, 1.165) is 19.3 Å². The summed E-state index contributed by atoms with van der Waals surface area (Å²) in [6.45, 7) is 5.67. The second kappa shape index (κ2) is 5.89. The average Bonchev–Trinajstić information content (AvgIpc) is 2.92. The minimum atomic E-state index is -0.990. The predicted molar refractivity (Wildman–Crippen MR) is 64.7 cm³/mol. The molecule has 0 aromatic carbocycles. The molecule has 5 heteroatoms. The summed E-state index contributed by atoms with van der Waals surface area (Å²) in [6, 6.07) is -0.954. The summed E-state index contributed by atoms with van der Waals surface area (Å²) in [5.74, 6) is -0.534. The first-order valence-electron chi connectivity index (χ1n) is 6.25. The highest BCUT2D eigenvalue weighted by Crippen LogP contribution is 2.34. The van der Waals surface area contributed by atoms with E-state index in [1.807, 2.05) is 0 Å². The van der Waals surface area contributed by atoms with Crippen LogP contribution >= 0.6 is 0 Å². The highest BCUT2D eigenvalue weighted by Gasteiger charge is 2.37. The monoisotopic (exact) mass is 242 g/mol. The lowest BCUT2D eigenvalue weighted by Crippen LogP contribution is -2.49. The molecule has 0 saturated heterocycles. The van der Waals surface area contributed by atoms with Gasteiger partial charge in [-0.2, -0.15) is 0 Å². The fourth-order valence-electron chi connectivity index (χ4n) is 1.98. The van der Waals surface area contributed by atoms with Gasteiger partial charge < -0.3 is 15.7 Å². The maximum Gasteiger partial charge on any atom is 0.326 e. The Kier molecular flexibility index (Phi) is 4.78. The Morgan fingerprint density at radius 2 is 2.06 bits per heavy atom. The fourth-order valence-corrected chi connectivity index (χ4v) is 1.98. The van der Waals surface area contributed by atoms with Gasteiger partial charge in [0.2, 0.25) is 0 Å². The number of carbonyl (C=O) groups excluding carboxylic acids is 1. The second-order valence-corrected chi connectivity index (χ2v) is 5.07. The van der Waals surface area contributed by atoms with Crippen LogP contribution in [-0.4, -0.2) is 29.2 Å². The topological polar surface area (TPSA) is 78.4 Å². The third-order valence-corrected chi connectivity index (χ3v) is 3.12. The summed E-state index contributed by atoms with van der Waals surface area (Å²) in [5.41, 5.74) is 0. The van der Waals surface area contributed by atoms with Crippen molar-refractivity contribution in [1.82, 2.24) is 10.6 Å². The van der Waals surface area contributed by atoms with E-state index in [1.165, 1.54) is 0 Å². The molecule has 0 aromatic heterocycles. The van der Waals surface area contributed by atoms with Crippen LogP contribution in [0.2, 0.25) is 0 Å². The first kappa shape index (κ1) is 13.8. The number of carboxylic acids is 1. The van der Waals surface area contributed by atoms with E-state index in [9.17, 15) is 9.59 Å². The van der Waals surface area contributed by atoms with Gasteiger partial charge in [0, 0.05) is 6.04 Å². The highest BCUT2D eigenvalue weighted by atomic mass is 16.4. The third-order valence-electron chi connectivity index (χ3n) is 3.12. The van der Waals surface area contributed by atoms with E-state index in [0.29, 0.717) is 5.92 Å². The van der Waals surface area contributed by atoms with E-state index < -0.39 is 12.0 Å². The Morgan fingerprint density at radius 1 is 1.41 bits per heavy atom. The Labute approximate surface area is 102 Å². The van der Waals surface area contributed by atoms with Crippen LogP contribution in [0.4, 0.5) is 4.79 Å². The van der Waals surface area contributed by atoms with Gasteiger partial charge >= 0.3 is 12.0 Å². The average molecular weight is 242 g/mol. The van der Waals surface area contributed by atoms with Crippen molar-refractivity contribution in [3.05, 3.63) is 0 Å². The number of urea groups is 1. The number of rotatable bonds is 6. The number of hydrogen-bond donors (Lipinski definition) is 3. The molecular formula is C12H22N2O3. The van der Waals surface area contributed by atoms with Crippen LogP contribution in [0, 0.1) is 11.8 Å². The van der Waals surface area contributed by atoms with E-state index >= 15 is 0 Å². The smallest absolute Gasteiger partial charge is 0.326 e. The van der Waals surface area contributed by atoms with Crippen molar-refractivity contribution in [3.63, 3.8) is 0 Å². The maximum atomic E-state index is 11.6. The van der Waals surface area contributed by atoms with Crippen LogP contribution in [0.1, 0.15) is 40.0 Å². The zero-order chi connectivity index (χ0) is 13.0. The minimum absolute atomic E-state index is 0.121. The number of nitrogens with one attached hydrogen (secondary N) is 2. The number of carbonyl (C=O) groups is 2. The molecule has 5 nitrogen and oxygen atoms in total. The van der Waals surface area contributed by atoms with Crippen LogP contribution in [-0.2, 0) is 4.79 Å². The van der Waals surface area contributed by atoms with Crippen molar-refractivity contribution < 1.29 is 14.7 Å². The lowest BCUT2D eigenvalue weighted by molar-refractivity contribution is -0.140. The Hall–Kier alpha value is -1.26. The summed E-state index contributed by atoms with van der Waals surface area (Å²) in [6.07, 6.45) is 3.26. The SMILES string of the molecule is CCCC1CC1NC(=O)NC(C(=O)O)C(C)C. The van der Waals surface area contributed by atoms with Crippen LogP contribution in [0.5, 0.6) is 0 Å². The van der Waals surface area contributed by atoms with Gasteiger partial charge in [0.15, 0.2) is 0 Å². The molecule has 0 spiro atoms. The van der Waals surface area contributed by atoms with Gasteiger partial charge in [-0.1, -0.05) is 27.2 Å². The predicted octanol–water partition coefficient (Wildman–Crippen LogP) is 1.58. The van der Waals surface area contributed by atoms with Gasteiger partial charge in [-0.3, -0.25) is 0 Å². The van der Waals surface area contributed by atoms with Crippen molar-refractivity contribution >= 4 is 12.0 Å². The van der Waals surface area contributed by atoms with Crippen LogP contribution in [0.15, 0.2) is 0 Å². The Morgan fingerprint density at radius 3 is 2.53 bits per heavy atom. The molecule has 1 saturated carbocycles. The minimum Gasteiger partial charge on any atom is -0.480 e. The summed E-state index contributed by atoms with van der Waals surface area (Å²) in [5, 5.41) is 14.3. The Bertz CT molecular complexity index is 291. The lowest BCUT2D eigenvalue weighted by Gasteiger charge is -2.18. The van der Waals surface area contributed by atoms with E-state index in [1.54, 1.807) is 13.8 Å².